The molecule has 0 aliphatic carbocycles. The summed E-state index contributed by atoms with van der Waals surface area (Å²) in [6, 6.07) is 14.2. The first-order valence-corrected chi connectivity index (χ1v) is 14.9. The van der Waals surface area contributed by atoms with Crippen molar-refractivity contribution in [2.24, 2.45) is 0 Å². The number of aromatic nitrogens is 2. The molecule has 0 atom stereocenters. The summed E-state index contributed by atoms with van der Waals surface area (Å²) in [6.07, 6.45) is 0. The molecule has 5 N–H and O–H groups in total. The van der Waals surface area contributed by atoms with Gasteiger partial charge in [-0.15, -0.1) is 11.3 Å². The van der Waals surface area contributed by atoms with Crippen molar-refractivity contribution in [3.05, 3.63) is 59.5 Å². The summed E-state index contributed by atoms with van der Waals surface area (Å²) in [5, 5.41) is 16.3. The lowest BCUT2D eigenvalue weighted by atomic mass is 10.1. The van der Waals surface area contributed by atoms with Crippen molar-refractivity contribution in [2.75, 3.05) is 49.7 Å². The molecule has 1 saturated heterocycles. The van der Waals surface area contributed by atoms with Crippen LogP contribution in [0.25, 0.3) is 21.1 Å². The number of carbonyl (C=O) groups is 2. The molecule has 2 aromatic heterocycles. The Balaban J connectivity index is 1.24. The maximum Gasteiger partial charge on any atom is 0.321 e. The maximum absolute atomic E-state index is 12.8. The van der Waals surface area contributed by atoms with Crippen LogP contribution in [-0.4, -0.2) is 71.3 Å². The SMILES string of the molecule is CCN1CC(NC(=O)Nc2nc(N)c(-c3nc(-c4cccc(NC(=O)c5cccc(OC)c5)c4)cs3)s2)CN1CC. The van der Waals surface area contributed by atoms with Crippen LogP contribution in [0.15, 0.2) is 53.9 Å². The van der Waals surface area contributed by atoms with Gasteiger partial charge in [-0.1, -0.05) is 43.4 Å². The Morgan fingerprint density at radius 2 is 1.80 bits per heavy atom. The Morgan fingerprint density at radius 3 is 2.54 bits per heavy atom. The Morgan fingerprint density at radius 1 is 1.05 bits per heavy atom. The first-order chi connectivity index (χ1) is 19.9. The Labute approximate surface area is 246 Å². The van der Waals surface area contributed by atoms with Gasteiger partial charge in [-0.2, -0.15) is 0 Å². The average molecular weight is 593 g/mol. The van der Waals surface area contributed by atoms with Gasteiger partial charge in [-0.25, -0.2) is 24.8 Å². The number of hydrogen-bond acceptors (Lipinski definition) is 10. The Kier molecular flexibility index (Phi) is 8.78. The van der Waals surface area contributed by atoms with Gasteiger partial charge in [-0.05, 0) is 30.3 Å². The third-order valence-electron chi connectivity index (χ3n) is 6.65. The van der Waals surface area contributed by atoms with E-state index < -0.39 is 0 Å². The fourth-order valence-corrected chi connectivity index (χ4v) is 6.45. The highest BCUT2D eigenvalue weighted by molar-refractivity contribution is 7.23. The second-order valence-electron chi connectivity index (χ2n) is 9.34. The molecule has 0 unspecified atom stereocenters. The van der Waals surface area contributed by atoms with Crippen LogP contribution < -0.4 is 26.4 Å². The number of nitrogens with one attached hydrogen (secondary N) is 3. The van der Waals surface area contributed by atoms with Gasteiger partial charge in [0.1, 0.15) is 21.5 Å². The van der Waals surface area contributed by atoms with Crippen molar-refractivity contribution >= 4 is 51.2 Å². The number of nitrogens with two attached hydrogens (primary N) is 1. The number of methoxy groups -OCH3 is 1. The van der Waals surface area contributed by atoms with Crippen LogP contribution in [0.5, 0.6) is 5.75 Å². The van der Waals surface area contributed by atoms with Gasteiger partial charge < -0.3 is 21.1 Å². The van der Waals surface area contributed by atoms with Crippen LogP contribution in [0.3, 0.4) is 0 Å². The standard InChI is InChI=1S/C28H32N8O3S2/c1-4-35-14-20(15-36(35)5-2)31-27(38)34-28-33-24(29)23(41-28)26-32-22(16-40-26)17-8-6-10-19(12-17)30-25(37)18-9-7-11-21(13-18)39-3/h6-13,16,20H,4-5,14-15,29H2,1-3H3,(H,30,37)(H2,31,33,34,38). The van der Waals surface area contributed by atoms with Gasteiger partial charge in [0.05, 0.1) is 18.8 Å². The number of benzene rings is 2. The number of hydrazine groups is 1. The van der Waals surface area contributed by atoms with Crippen LogP contribution >= 0.6 is 22.7 Å². The number of likely N-dealkylation sites (N-methyl/N-ethyl adjacent to an activating group) is 2. The molecule has 0 bridgehead atoms. The monoisotopic (exact) mass is 592 g/mol. The first-order valence-electron chi connectivity index (χ1n) is 13.2. The fourth-order valence-electron chi connectivity index (χ4n) is 4.64. The lowest BCUT2D eigenvalue weighted by molar-refractivity contribution is 0.0388. The predicted molar refractivity (Wildman–Crippen MR) is 164 cm³/mol. The van der Waals surface area contributed by atoms with E-state index in [1.54, 1.807) is 31.4 Å². The Hall–Kier alpha value is -4.04. The summed E-state index contributed by atoms with van der Waals surface area (Å²) < 4.78 is 5.21. The largest absolute Gasteiger partial charge is 0.497 e. The van der Waals surface area contributed by atoms with E-state index in [-0.39, 0.29) is 18.0 Å². The molecule has 0 spiro atoms. The van der Waals surface area contributed by atoms with Gasteiger partial charge in [0, 0.05) is 48.4 Å². The van der Waals surface area contributed by atoms with Crippen LogP contribution in [0, 0.1) is 0 Å². The number of carbonyl (C=O) groups excluding carboxylic acids is 2. The third-order valence-corrected chi connectivity index (χ3v) is 8.63. The molecular formula is C28H32N8O3S2. The minimum atomic E-state index is -0.308. The highest BCUT2D eigenvalue weighted by atomic mass is 32.1. The second-order valence-corrected chi connectivity index (χ2v) is 11.2. The predicted octanol–water partition coefficient (Wildman–Crippen LogP) is 4.84. The van der Waals surface area contributed by atoms with Crippen molar-refractivity contribution in [1.29, 1.82) is 0 Å². The molecule has 41 heavy (non-hydrogen) atoms. The first kappa shape index (κ1) is 28.5. The van der Waals surface area contributed by atoms with Gasteiger partial charge in [0.15, 0.2) is 5.13 Å². The highest BCUT2D eigenvalue weighted by Gasteiger charge is 2.29. The normalized spacial score (nSPS) is 14.2. The van der Waals surface area contributed by atoms with Crippen molar-refractivity contribution in [1.82, 2.24) is 25.3 Å². The summed E-state index contributed by atoms with van der Waals surface area (Å²) in [4.78, 5) is 35.2. The number of rotatable bonds is 9. The number of amides is 3. The smallest absolute Gasteiger partial charge is 0.321 e. The van der Waals surface area contributed by atoms with Crippen LogP contribution in [0.1, 0.15) is 24.2 Å². The van der Waals surface area contributed by atoms with Crippen LogP contribution in [0.4, 0.5) is 21.4 Å². The molecule has 4 aromatic rings. The van der Waals surface area contributed by atoms with E-state index in [0.717, 1.165) is 37.4 Å². The highest BCUT2D eigenvalue weighted by Crippen LogP contribution is 2.38. The van der Waals surface area contributed by atoms with Crippen molar-refractivity contribution in [3.8, 4) is 26.9 Å². The van der Waals surface area contributed by atoms with Gasteiger partial charge in [0.2, 0.25) is 0 Å². The number of nitrogens with zero attached hydrogens (tertiary/aromatic N) is 4. The van der Waals surface area contributed by atoms with E-state index in [0.29, 0.717) is 37.8 Å². The van der Waals surface area contributed by atoms with E-state index in [4.69, 9.17) is 15.5 Å². The number of hydrogen-bond donors (Lipinski definition) is 4. The molecule has 1 aliphatic heterocycles. The summed E-state index contributed by atoms with van der Waals surface area (Å²) >= 11 is 2.72. The molecule has 1 aliphatic rings. The van der Waals surface area contributed by atoms with Crippen LogP contribution in [-0.2, 0) is 0 Å². The summed E-state index contributed by atoms with van der Waals surface area (Å²) in [5.41, 5.74) is 8.94. The molecule has 3 amide bonds. The number of thiazole rings is 2. The van der Waals surface area contributed by atoms with E-state index in [1.165, 1.54) is 22.7 Å². The summed E-state index contributed by atoms with van der Waals surface area (Å²) in [6.45, 7) is 7.56. The lowest BCUT2D eigenvalue weighted by Crippen LogP contribution is -2.41. The Bertz CT molecular complexity index is 1530. The minimum absolute atomic E-state index is 0.0317. The maximum atomic E-state index is 12.8. The number of anilines is 3. The van der Waals surface area contributed by atoms with Gasteiger partial charge in [0.25, 0.3) is 5.91 Å². The summed E-state index contributed by atoms with van der Waals surface area (Å²) in [7, 11) is 1.56. The van der Waals surface area contributed by atoms with Crippen molar-refractivity contribution in [2.45, 2.75) is 19.9 Å². The quantitative estimate of drug-likeness (QED) is 0.217. The zero-order valence-electron chi connectivity index (χ0n) is 23.0. The van der Waals surface area contributed by atoms with Gasteiger partial charge in [-0.3, -0.25) is 10.1 Å². The molecule has 2 aromatic carbocycles. The molecule has 0 radical (unpaired) electrons. The topological polar surface area (TPSA) is 138 Å². The van der Waals surface area contributed by atoms with E-state index >= 15 is 0 Å². The second kappa shape index (κ2) is 12.6. The lowest BCUT2D eigenvalue weighted by Gasteiger charge is -2.24. The molecular weight excluding hydrogens is 560 g/mol. The van der Waals surface area contributed by atoms with E-state index in [9.17, 15) is 9.59 Å². The fraction of sp³-hybridized carbons (Fsp3) is 0.286. The van der Waals surface area contributed by atoms with Crippen molar-refractivity contribution in [3.63, 3.8) is 0 Å². The molecule has 0 saturated carbocycles. The molecule has 1 fully saturated rings. The number of nitrogen functional groups attached to an aromatic ring is 1. The zero-order chi connectivity index (χ0) is 28.9. The average Bonchev–Trinajstić information content (AvgIpc) is 3.71. The molecule has 5 rings (SSSR count). The molecule has 3 heterocycles. The van der Waals surface area contributed by atoms with E-state index in [1.807, 2.05) is 29.6 Å². The minimum Gasteiger partial charge on any atom is -0.497 e. The molecule has 214 valence electrons. The third kappa shape index (κ3) is 6.65. The van der Waals surface area contributed by atoms with Gasteiger partial charge >= 0.3 is 6.03 Å². The van der Waals surface area contributed by atoms with Crippen molar-refractivity contribution < 1.29 is 14.3 Å². The van der Waals surface area contributed by atoms with E-state index in [2.05, 4.69) is 44.8 Å². The van der Waals surface area contributed by atoms with Crippen LogP contribution in [0.2, 0.25) is 0 Å². The molecule has 13 heteroatoms. The number of urea groups is 1. The molecule has 11 nitrogen and oxygen atoms in total. The zero-order valence-corrected chi connectivity index (χ0v) is 24.6. The summed E-state index contributed by atoms with van der Waals surface area (Å²) in [5.74, 6) is 0.684. The number of ether oxygens (including phenoxy) is 1.